The molecule has 6 nitrogen and oxygen atoms in total. The van der Waals surface area contributed by atoms with E-state index >= 15 is 0 Å². The molecule has 0 saturated carbocycles. The van der Waals surface area contributed by atoms with E-state index in [9.17, 15) is 30.6 Å². The average Bonchev–Trinajstić information content (AvgIpc) is 2.56. The zero-order valence-corrected chi connectivity index (χ0v) is 13.0. The fourth-order valence-corrected chi connectivity index (χ4v) is 2.77. The van der Waals surface area contributed by atoms with Crippen LogP contribution in [0.4, 0.5) is 0 Å². The van der Waals surface area contributed by atoms with E-state index in [1.807, 2.05) is 0 Å². The Morgan fingerprint density at radius 1 is 0.480 bits per heavy atom. The number of hydrogen-bond donors (Lipinski definition) is 6. The van der Waals surface area contributed by atoms with Crippen molar-refractivity contribution in [3.8, 4) is 34.5 Å². The molecule has 0 aliphatic carbocycles. The van der Waals surface area contributed by atoms with Gasteiger partial charge in [0, 0.05) is 17.5 Å². The van der Waals surface area contributed by atoms with Crippen LogP contribution < -0.4 is 0 Å². The molecule has 0 amide bonds. The lowest BCUT2D eigenvalue weighted by Crippen LogP contribution is -2.04. The molecule has 3 aromatic carbocycles. The fourth-order valence-electron chi connectivity index (χ4n) is 2.77. The van der Waals surface area contributed by atoms with Gasteiger partial charge in [-0.15, -0.1) is 0 Å². The molecule has 3 aromatic rings. The molecule has 0 radical (unpaired) electrons. The Labute approximate surface area is 143 Å². The molecule has 0 spiro atoms. The van der Waals surface area contributed by atoms with Crippen molar-refractivity contribution < 1.29 is 30.6 Å². The maximum absolute atomic E-state index is 10.2. The van der Waals surface area contributed by atoms with E-state index in [4.69, 9.17) is 0 Å². The van der Waals surface area contributed by atoms with Gasteiger partial charge >= 0.3 is 0 Å². The predicted molar refractivity (Wildman–Crippen MR) is 90.3 cm³/mol. The zero-order chi connectivity index (χ0) is 18.1. The third-order valence-electron chi connectivity index (χ3n) is 3.99. The highest BCUT2D eigenvalue weighted by molar-refractivity contribution is 5.55. The van der Waals surface area contributed by atoms with Crippen molar-refractivity contribution >= 4 is 0 Å². The van der Waals surface area contributed by atoms with Gasteiger partial charge in [0.2, 0.25) is 0 Å². The standard InChI is InChI=1S/C19H16O6/c20-12-3-4-13(16(23)9-12)19(10-1-5-14(21)17(24)7-10)11-2-6-15(22)18(25)8-11/h1-9,19-25H. The maximum Gasteiger partial charge on any atom is 0.157 e. The van der Waals surface area contributed by atoms with Crippen LogP contribution in [0.25, 0.3) is 0 Å². The number of benzene rings is 3. The fraction of sp³-hybridized carbons (Fsp3) is 0.0526. The largest absolute Gasteiger partial charge is 0.508 e. The summed E-state index contributed by atoms with van der Waals surface area (Å²) in [6.45, 7) is 0. The van der Waals surface area contributed by atoms with Crippen LogP contribution >= 0.6 is 0 Å². The molecule has 0 aromatic heterocycles. The number of phenolic OH excluding ortho intramolecular Hbond substituents is 6. The van der Waals surface area contributed by atoms with Gasteiger partial charge in [-0.2, -0.15) is 0 Å². The minimum atomic E-state index is -0.626. The van der Waals surface area contributed by atoms with Crippen molar-refractivity contribution in [1.82, 2.24) is 0 Å². The summed E-state index contributed by atoms with van der Waals surface area (Å²) >= 11 is 0. The maximum atomic E-state index is 10.2. The monoisotopic (exact) mass is 340 g/mol. The number of aromatic hydroxyl groups is 6. The van der Waals surface area contributed by atoms with E-state index in [1.54, 1.807) is 12.1 Å². The smallest absolute Gasteiger partial charge is 0.157 e. The summed E-state index contributed by atoms with van der Waals surface area (Å²) in [7, 11) is 0. The Hall–Kier alpha value is -3.54. The van der Waals surface area contributed by atoms with Crippen LogP contribution in [0.1, 0.15) is 22.6 Å². The van der Waals surface area contributed by atoms with Crippen molar-refractivity contribution in [3.05, 3.63) is 71.3 Å². The molecule has 0 fully saturated rings. The molecule has 3 rings (SSSR count). The summed E-state index contributed by atoms with van der Waals surface area (Å²) in [4.78, 5) is 0. The van der Waals surface area contributed by atoms with E-state index in [-0.39, 0.29) is 34.5 Å². The third kappa shape index (κ3) is 3.10. The molecular formula is C19H16O6. The lowest BCUT2D eigenvalue weighted by atomic mass is 9.84. The first-order valence-electron chi connectivity index (χ1n) is 7.42. The van der Waals surface area contributed by atoms with Crippen molar-refractivity contribution in [2.24, 2.45) is 0 Å². The molecule has 0 atom stereocenters. The van der Waals surface area contributed by atoms with Crippen molar-refractivity contribution in [3.63, 3.8) is 0 Å². The van der Waals surface area contributed by atoms with Crippen LogP contribution in [-0.2, 0) is 0 Å². The minimum Gasteiger partial charge on any atom is -0.508 e. The first-order valence-corrected chi connectivity index (χ1v) is 7.42. The highest BCUT2D eigenvalue weighted by Crippen LogP contribution is 2.42. The molecule has 0 heterocycles. The summed E-state index contributed by atoms with van der Waals surface area (Å²) in [6.07, 6.45) is 0. The van der Waals surface area contributed by atoms with Crippen LogP contribution in [0, 0.1) is 0 Å². The van der Waals surface area contributed by atoms with Gasteiger partial charge in [-0.1, -0.05) is 18.2 Å². The molecule has 25 heavy (non-hydrogen) atoms. The first kappa shape index (κ1) is 16.3. The molecule has 0 saturated heterocycles. The normalized spacial score (nSPS) is 10.9. The second-order valence-electron chi connectivity index (χ2n) is 5.67. The Morgan fingerprint density at radius 3 is 1.44 bits per heavy atom. The lowest BCUT2D eigenvalue weighted by Gasteiger charge is -2.21. The van der Waals surface area contributed by atoms with E-state index in [0.717, 1.165) is 0 Å². The molecule has 6 N–H and O–H groups in total. The molecule has 0 aliphatic heterocycles. The Morgan fingerprint density at radius 2 is 1.00 bits per heavy atom. The SMILES string of the molecule is Oc1ccc(C(c2ccc(O)c(O)c2)c2ccc(O)c(O)c2)c(O)c1. The number of phenols is 6. The first-order chi connectivity index (χ1) is 11.9. The Kier molecular flexibility index (Phi) is 4.02. The van der Waals surface area contributed by atoms with Gasteiger partial charge < -0.3 is 30.6 Å². The van der Waals surface area contributed by atoms with Gasteiger partial charge in [0.25, 0.3) is 0 Å². The van der Waals surface area contributed by atoms with E-state index in [0.29, 0.717) is 16.7 Å². The minimum absolute atomic E-state index is 0.109. The lowest BCUT2D eigenvalue weighted by molar-refractivity contribution is 0.402. The van der Waals surface area contributed by atoms with Crippen molar-refractivity contribution in [2.45, 2.75) is 5.92 Å². The number of rotatable bonds is 3. The van der Waals surface area contributed by atoms with Gasteiger partial charge in [0.15, 0.2) is 23.0 Å². The average molecular weight is 340 g/mol. The van der Waals surface area contributed by atoms with Gasteiger partial charge in [-0.3, -0.25) is 0 Å². The summed E-state index contributed by atoms with van der Waals surface area (Å²) in [6, 6.07) is 12.6. The predicted octanol–water partition coefficient (Wildman–Crippen LogP) is 3.10. The van der Waals surface area contributed by atoms with Crippen LogP contribution in [0.5, 0.6) is 34.5 Å². The summed E-state index contributed by atoms with van der Waals surface area (Å²) < 4.78 is 0. The second-order valence-corrected chi connectivity index (χ2v) is 5.67. The molecule has 0 aliphatic rings. The van der Waals surface area contributed by atoms with Crippen LogP contribution in [-0.4, -0.2) is 30.6 Å². The Balaban J connectivity index is 2.23. The number of hydrogen-bond acceptors (Lipinski definition) is 6. The van der Waals surface area contributed by atoms with Gasteiger partial charge in [-0.05, 0) is 41.5 Å². The molecular weight excluding hydrogens is 324 g/mol. The van der Waals surface area contributed by atoms with E-state index in [1.165, 1.54) is 42.5 Å². The highest BCUT2D eigenvalue weighted by atomic mass is 16.3. The summed E-state index contributed by atoms with van der Waals surface area (Å²) in [5.41, 5.74) is 1.47. The highest BCUT2D eigenvalue weighted by Gasteiger charge is 2.22. The molecule has 0 bridgehead atoms. The van der Waals surface area contributed by atoms with Gasteiger partial charge in [0.05, 0.1) is 0 Å². The quantitative estimate of drug-likeness (QED) is 0.322. The van der Waals surface area contributed by atoms with Crippen molar-refractivity contribution in [2.75, 3.05) is 0 Å². The van der Waals surface area contributed by atoms with E-state index in [2.05, 4.69) is 0 Å². The van der Waals surface area contributed by atoms with E-state index < -0.39 is 5.92 Å². The Bertz CT molecular complexity index is 884. The summed E-state index contributed by atoms with van der Waals surface area (Å²) in [5, 5.41) is 58.5. The van der Waals surface area contributed by atoms with Gasteiger partial charge in [0.1, 0.15) is 11.5 Å². The van der Waals surface area contributed by atoms with Crippen LogP contribution in [0.3, 0.4) is 0 Å². The zero-order valence-electron chi connectivity index (χ0n) is 13.0. The van der Waals surface area contributed by atoms with Gasteiger partial charge in [-0.25, -0.2) is 0 Å². The molecule has 6 heteroatoms. The summed E-state index contributed by atoms with van der Waals surface area (Å²) in [5.74, 6) is -2.14. The third-order valence-corrected chi connectivity index (χ3v) is 3.99. The topological polar surface area (TPSA) is 121 Å². The van der Waals surface area contributed by atoms with Crippen molar-refractivity contribution in [1.29, 1.82) is 0 Å². The van der Waals surface area contributed by atoms with Crippen LogP contribution in [0.15, 0.2) is 54.6 Å². The molecule has 128 valence electrons. The second kappa shape index (κ2) is 6.16. The molecule has 0 unspecified atom stereocenters. The van der Waals surface area contributed by atoms with Crippen LogP contribution in [0.2, 0.25) is 0 Å².